The lowest BCUT2D eigenvalue weighted by atomic mass is 10.1. The Kier molecular flexibility index (Phi) is 7.04. The highest BCUT2D eigenvalue weighted by Gasteiger charge is 2.41. The maximum atomic E-state index is 12.7. The zero-order valence-corrected chi connectivity index (χ0v) is 12.1. The molecule has 7 heteroatoms. The number of hydrogen-bond acceptors (Lipinski definition) is 3. The van der Waals surface area contributed by atoms with Gasteiger partial charge in [-0.2, -0.15) is 8.78 Å². The molecule has 0 bridgehead atoms. The van der Waals surface area contributed by atoms with Crippen LogP contribution in [-0.2, 0) is 17.6 Å². The lowest BCUT2D eigenvalue weighted by Crippen LogP contribution is -2.37. The molecular weight excluding hydrogens is 288 g/mol. The number of aromatic nitrogens is 1. The van der Waals surface area contributed by atoms with Crippen LogP contribution in [-0.4, -0.2) is 43.6 Å². The van der Waals surface area contributed by atoms with Crippen molar-refractivity contribution in [3.8, 4) is 0 Å². The summed E-state index contributed by atoms with van der Waals surface area (Å²) in [6.45, 7) is 0.644. The first-order valence-corrected chi connectivity index (χ1v) is 6.73. The fourth-order valence-electron chi connectivity index (χ4n) is 1.68. The van der Waals surface area contributed by atoms with Crippen molar-refractivity contribution in [3.05, 3.63) is 29.6 Å². The molecular formula is C14H20F4N2O. The minimum absolute atomic E-state index is 0.0873. The SMILES string of the molecule is CCc1ccc(CC(COCC(F)(F)C(F)F)NC)nc1. The van der Waals surface area contributed by atoms with Gasteiger partial charge in [0.2, 0.25) is 0 Å². The van der Waals surface area contributed by atoms with Gasteiger partial charge in [-0.1, -0.05) is 13.0 Å². The highest BCUT2D eigenvalue weighted by Crippen LogP contribution is 2.22. The molecule has 0 aliphatic carbocycles. The Bertz CT molecular complexity index is 412. The Labute approximate surface area is 121 Å². The maximum Gasteiger partial charge on any atom is 0.330 e. The molecule has 1 rings (SSSR count). The van der Waals surface area contributed by atoms with Crippen LogP contribution in [0, 0.1) is 0 Å². The Morgan fingerprint density at radius 2 is 2.05 bits per heavy atom. The van der Waals surface area contributed by atoms with Gasteiger partial charge in [0.05, 0.1) is 6.61 Å². The summed E-state index contributed by atoms with van der Waals surface area (Å²) in [7, 11) is 1.65. The fraction of sp³-hybridized carbons (Fsp3) is 0.643. The third-order valence-electron chi connectivity index (χ3n) is 3.09. The molecule has 0 amide bonds. The summed E-state index contributed by atoms with van der Waals surface area (Å²) in [5.41, 5.74) is 1.89. The predicted molar refractivity (Wildman–Crippen MR) is 71.9 cm³/mol. The predicted octanol–water partition coefficient (Wildman–Crippen LogP) is 2.69. The maximum absolute atomic E-state index is 12.7. The molecule has 1 N–H and O–H groups in total. The van der Waals surface area contributed by atoms with Crippen molar-refractivity contribution in [1.82, 2.24) is 10.3 Å². The van der Waals surface area contributed by atoms with Gasteiger partial charge in [-0.15, -0.1) is 0 Å². The average Bonchev–Trinajstić information content (AvgIpc) is 2.46. The first kappa shape index (κ1) is 17.8. The second-order valence-electron chi connectivity index (χ2n) is 4.78. The van der Waals surface area contributed by atoms with Crippen molar-refractivity contribution in [1.29, 1.82) is 0 Å². The molecule has 1 aromatic heterocycles. The zero-order chi connectivity index (χ0) is 15.9. The standard InChI is InChI=1S/C14H20F4N2O/c1-3-10-4-5-11(20-7-10)6-12(19-2)8-21-9-14(17,18)13(15)16/h4-5,7,12-13,19H,3,6,8-9H2,1-2H3. The van der Waals surface area contributed by atoms with E-state index in [-0.39, 0.29) is 12.6 Å². The Morgan fingerprint density at radius 3 is 2.52 bits per heavy atom. The van der Waals surface area contributed by atoms with E-state index in [9.17, 15) is 17.6 Å². The number of hydrogen-bond donors (Lipinski definition) is 1. The molecule has 1 atom stereocenters. The van der Waals surface area contributed by atoms with Crippen LogP contribution in [0.25, 0.3) is 0 Å². The fourth-order valence-corrected chi connectivity index (χ4v) is 1.68. The second-order valence-corrected chi connectivity index (χ2v) is 4.78. The molecule has 1 heterocycles. The largest absolute Gasteiger partial charge is 0.373 e. The highest BCUT2D eigenvalue weighted by atomic mass is 19.3. The van der Waals surface area contributed by atoms with E-state index in [4.69, 9.17) is 4.74 Å². The topological polar surface area (TPSA) is 34.1 Å². The Morgan fingerprint density at radius 1 is 1.33 bits per heavy atom. The first-order valence-electron chi connectivity index (χ1n) is 6.73. The minimum atomic E-state index is -4.11. The molecule has 0 radical (unpaired) electrons. The molecule has 0 spiro atoms. The molecule has 3 nitrogen and oxygen atoms in total. The number of pyridine rings is 1. The average molecular weight is 308 g/mol. The lowest BCUT2D eigenvalue weighted by molar-refractivity contribution is -0.166. The Balaban J connectivity index is 2.44. The van der Waals surface area contributed by atoms with Crippen molar-refractivity contribution in [2.24, 2.45) is 0 Å². The van der Waals surface area contributed by atoms with Crippen LogP contribution in [0.3, 0.4) is 0 Å². The normalized spacial score (nSPS) is 13.7. The van der Waals surface area contributed by atoms with E-state index < -0.39 is 19.0 Å². The van der Waals surface area contributed by atoms with E-state index in [1.54, 1.807) is 13.2 Å². The van der Waals surface area contributed by atoms with Crippen LogP contribution in [0.5, 0.6) is 0 Å². The smallest absolute Gasteiger partial charge is 0.330 e. The van der Waals surface area contributed by atoms with Gasteiger partial charge in [0, 0.05) is 24.4 Å². The third-order valence-corrected chi connectivity index (χ3v) is 3.09. The molecule has 21 heavy (non-hydrogen) atoms. The molecule has 120 valence electrons. The molecule has 0 fully saturated rings. The van der Waals surface area contributed by atoms with Crippen LogP contribution in [0.2, 0.25) is 0 Å². The number of halogens is 4. The molecule has 1 aromatic rings. The number of ether oxygens (including phenoxy) is 1. The number of nitrogens with one attached hydrogen (secondary N) is 1. The number of rotatable bonds is 9. The van der Waals surface area contributed by atoms with Crippen LogP contribution in [0.1, 0.15) is 18.2 Å². The van der Waals surface area contributed by atoms with Gasteiger partial charge in [-0.25, -0.2) is 8.78 Å². The van der Waals surface area contributed by atoms with Gasteiger partial charge in [-0.3, -0.25) is 4.98 Å². The highest BCUT2D eigenvalue weighted by molar-refractivity contribution is 5.14. The lowest BCUT2D eigenvalue weighted by Gasteiger charge is -2.19. The van der Waals surface area contributed by atoms with Gasteiger partial charge in [0.25, 0.3) is 0 Å². The molecule has 0 aliphatic rings. The van der Waals surface area contributed by atoms with Gasteiger partial charge < -0.3 is 10.1 Å². The van der Waals surface area contributed by atoms with E-state index in [1.807, 2.05) is 19.1 Å². The minimum Gasteiger partial charge on any atom is -0.373 e. The van der Waals surface area contributed by atoms with Gasteiger partial charge in [-0.05, 0) is 25.1 Å². The van der Waals surface area contributed by atoms with E-state index in [0.29, 0.717) is 6.42 Å². The summed E-state index contributed by atoms with van der Waals surface area (Å²) in [5, 5.41) is 2.90. The molecule has 0 saturated heterocycles. The van der Waals surface area contributed by atoms with Crippen molar-refractivity contribution < 1.29 is 22.3 Å². The van der Waals surface area contributed by atoms with Gasteiger partial charge in [0.15, 0.2) is 0 Å². The van der Waals surface area contributed by atoms with E-state index >= 15 is 0 Å². The molecule has 0 saturated carbocycles. The van der Waals surface area contributed by atoms with Crippen LogP contribution >= 0.6 is 0 Å². The van der Waals surface area contributed by atoms with E-state index in [1.165, 1.54) is 0 Å². The number of nitrogens with zero attached hydrogens (tertiary/aromatic N) is 1. The summed E-state index contributed by atoms with van der Waals surface area (Å²) < 4.78 is 54.1. The third kappa shape index (κ3) is 5.97. The second kappa shape index (κ2) is 8.29. The summed E-state index contributed by atoms with van der Waals surface area (Å²) in [5.74, 6) is -4.11. The quantitative estimate of drug-likeness (QED) is 0.712. The van der Waals surface area contributed by atoms with Crippen molar-refractivity contribution in [2.75, 3.05) is 20.3 Å². The van der Waals surface area contributed by atoms with Crippen LogP contribution in [0.15, 0.2) is 18.3 Å². The number of likely N-dealkylation sites (N-methyl/N-ethyl adjacent to an activating group) is 1. The summed E-state index contributed by atoms with van der Waals surface area (Å²) in [4.78, 5) is 4.26. The Hall–Kier alpha value is -1.21. The number of alkyl halides is 4. The van der Waals surface area contributed by atoms with Crippen molar-refractivity contribution in [3.63, 3.8) is 0 Å². The van der Waals surface area contributed by atoms with Crippen LogP contribution < -0.4 is 5.32 Å². The van der Waals surface area contributed by atoms with Crippen LogP contribution in [0.4, 0.5) is 17.6 Å². The number of aryl methyl sites for hydroxylation is 1. The molecule has 1 unspecified atom stereocenters. The van der Waals surface area contributed by atoms with Gasteiger partial charge >= 0.3 is 12.3 Å². The van der Waals surface area contributed by atoms with E-state index in [0.717, 1.165) is 17.7 Å². The monoisotopic (exact) mass is 308 g/mol. The van der Waals surface area contributed by atoms with E-state index in [2.05, 4.69) is 10.3 Å². The summed E-state index contributed by atoms with van der Waals surface area (Å²) in [6.07, 6.45) is -0.600. The molecule has 0 aromatic carbocycles. The van der Waals surface area contributed by atoms with Crippen molar-refractivity contribution in [2.45, 2.75) is 38.2 Å². The zero-order valence-electron chi connectivity index (χ0n) is 12.1. The summed E-state index contributed by atoms with van der Waals surface area (Å²) >= 11 is 0. The summed E-state index contributed by atoms with van der Waals surface area (Å²) in [6, 6.07) is 3.54. The first-order chi connectivity index (χ1) is 9.89. The van der Waals surface area contributed by atoms with Crippen molar-refractivity contribution >= 4 is 0 Å². The molecule has 0 aliphatic heterocycles. The van der Waals surface area contributed by atoms with Gasteiger partial charge in [0.1, 0.15) is 6.61 Å².